The van der Waals surface area contributed by atoms with Gasteiger partial charge < -0.3 is 13.6 Å². The maximum absolute atomic E-state index is 13.6. The van der Waals surface area contributed by atoms with Gasteiger partial charge in [0, 0.05) is 0 Å². The molecule has 0 aliphatic heterocycles. The molecule has 0 spiro atoms. The van der Waals surface area contributed by atoms with Gasteiger partial charge in [0.25, 0.3) is 0 Å². The highest BCUT2D eigenvalue weighted by atomic mass is 31.2. The molecule has 0 N–H and O–H groups in total. The van der Waals surface area contributed by atoms with Crippen molar-refractivity contribution in [1.29, 1.82) is 0 Å². The zero-order valence-corrected chi connectivity index (χ0v) is 22.1. The first kappa shape index (κ1) is 25.4. The summed E-state index contributed by atoms with van der Waals surface area (Å²) in [5, 5.41) is 0. The molecule has 0 aromatic heterocycles. The van der Waals surface area contributed by atoms with Gasteiger partial charge in [-0.1, -0.05) is 110 Å². The molecule has 38 heavy (non-hydrogen) atoms. The van der Waals surface area contributed by atoms with Crippen molar-refractivity contribution in [3.63, 3.8) is 0 Å². The Kier molecular flexibility index (Phi) is 7.92. The van der Waals surface area contributed by atoms with Gasteiger partial charge in [-0.05, 0) is 70.6 Å². The van der Waals surface area contributed by atoms with Crippen molar-refractivity contribution in [2.45, 2.75) is 19.8 Å². The lowest BCUT2D eigenvalue weighted by Crippen LogP contribution is -2.07. The Morgan fingerprint density at radius 3 is 1.21 bits per heavy atom. The molecule has 0 saturated carbocycles. The Morgan fingerprint density at radius 1 is 0.474 bits per heavy atom. The molecule has 5 aromatic carbocycles. The van der Waals surface area contributed by atoms with E-state index in [1.807, 2.05) is 24.3 Å². The van der Waals surface area contributed by atoms with Crippen LogP contribution < -0.4 is 13.6 Å². The molecule has 0 aliphatic rings. The van der Waals surface area contributed by atoms with Crippen molar-refractivity contribution in [3.8, 4) is 39.5 Å². The fourth-order valence-corrected chi connectivity index (χ4v) is 5.37. The number of hydrogen-bond acceptors (Lipinski definition) is 4. The van der Waals surface area contributed by atoms with Crippen LogP contribution in [0.1, 0.15) is 18.9 Å². The first-order valence-electron chi connectivity index (χ1n) is 12.7. The third-order valence-electron chi connectivity index (χ3n) is 6.04. The van der Waals surface area contributed by atoms with E-state index in [4.69, 9.17) is 13.6 Å². The van der Waals surface area contributed by atoms with Gasteiger partial charge in [-0.15, -0.1) is 0 Å². The molecule has 0 bridgehead atoms. The first-order valence-corrected chi connectivity index (χ1v) is 14.1. The predicted octanol–water partition coefficient (Wildman–Crippen LogP) is 9.62. The molecule has 0 radical (unpaired) electrons. The van der Waals surface area contributed by atoms with Crippen LogP contribution in [-0.2, 0) is 11.0 Å². The second-order valence-corrected chi connectivity index (χ2v) is 10.3. The molecule has 5 aromatic rings. The van der Waals surface area contributed by atoms with Crippen molar-refractivity contribution in [2.75, 3.05) is 0 Å². The van der Waals surface area contributed by atoms with Gasteiger partial charge in [-0.2, -0.15) is 4.57 Å². The first-order chi connectivity index (χ1) is 18.6. The van der Waals surface area contributed by atoms with E-state index >= 15 is 0 Å². The van der Waals surface area contributed by atoms with Crippen LogP contribution in [0, 0.1) is 0 Å². The average molecular weight is 521 g/mol. The molecule has 5 heteroatoms. The predicted molar refractivity (Wildman–Crippen MR) is 154 cm³/mol. The smallest absolute Gasteiger partial charge is 0.386 e. The molecule has 4 nitrogen and oxygen atoms in total. The van der Waals surface area contributed by atoms with Gasteiger partial charge in [0.05, 0.1) is 0 Å². The van der Waals surface area contributed by atoms with Crippen molar-refractivity contribution in [2.24, 2.45) is 0 Å². The van der Waals surface area contributed by atoms with Crippen molar-refractivity contribution >= 4 is 7.82 Å². The lowest BCUT2D eigenvalue weighted by Gasteiger charge is -2.19. The lowest BCUT2D eigenvalue weighted by molar-refractivity contribution is 0.298. The molecule has 0 saturated heterocycles. The van der Waals surface area contributed by atoms with Crippen LogP contribution in [0.5, 0.6) is 17.2 Å². The van der Waals surface area contributed by atoms with Crippen LogP contribution in [0.15, 0.2) is 133 Å². The highest BCUT2D eigenvalue weighted by Crippen LogP contribution is 2.49. The number of rotatable bonds is 10. The van der Waals surface area contributed by atoms with E-state index in [-0.39, 0.29) is 0 Å². The minimum atomic E-state index is -4.02. The Labute approximate surface area is 224 Å². The molecule has 0 amide bonds. The quantitative estimate of drug-likeness (QED) is 0.172. The number of phosphoric ester groups is 1. The Hall–Kier alpha value is -4.27. The summed E-state index contributed by atoms with van der Waals surface area (Å²) < 4.78 is 30.9. The second-order valence-electron chi connectivity index (χ2n) is 8.90. The van der Waals surface area contributed by atoms with Crippen molar-refractivity contribution in [1.82, 2.24) is 0 Å². The lowest BCUT2D eigenvalue weighted by atomic mass is 9.99. The number of phosphoric acid groups is 1. The van der Waals surface area contributed by atoms with Gasteiger partial charge in [-0.25, -0.2) is 0 Å². The van der Waals surface area contributed by atoms with Crippen molar-refractivity contribution in [3.05, 3.63) is 139 Å². The second kappa shape index (κ2) is 11.9. The Morgan fingerprint density at radius 2 is 0.816 bits per heavy atom. The van der Waals surface area contributed by atoms with Crippen molar-refractivity contribution < 1.29 is 18.1 Å². The zero-order chi connectivity index (χ0) is 26.2. The summed E-state index contributed by atoms with van der Waals surface area (Å²) in [5.74, 6) is 1.17. The molecule has 190 valence electrons. The van der Waals surface area contributed by atoms with Crippen LogP contribution in [0.2, 0.25) is 0 Å². The van der Waals surface area contributed by atoms with Gasteiger partial charge in [-0.3, -0.25) is 0 Å². The van der Waals surface area contributed by atoms with E-state index in [2.05, 4.69) is 55.5 Å². The number of aryl methyl sites for hydroxylation is 1. The van der Waals surface area contributed by atoms with Crippen LogP contribution in [0.4, 0.5) is 0 Å². The average Bonchev–Trinajstić information content (AvgIpc) is 2.95. The summed E-state index contributed by atoms with van der Waals surface area (Å²) in [6.07, 6.45) is 2.25. The molecule has 5 rings (SSSR count). The summed E-state index contributed by atoms with van der Waals surface area (Å²) in [6.45, 7) is 2.20. The number of hydrogen-bond donors (Lipinski definition) is 0. The SMILES string of the molecule is CCCc1ccc(-c2ccc(-c3ccc(OP(=O)(Oc4ccccc4)Oc4ccccc4)cc3)cc2)cc1. The normalized spacial score (nSPS) is 11.1. The molecular formula is C33H29O4P. The third-order valence-corrected chi connectivity index (χ3v) is 7.34. The fraction of sp³-hybridized carbons (Fsp3) is 0.0909. The largest absolute Gasteiger partial charge is 0.647 e. The minimum absolute atomic E-state index is 0.382. The highest BCUT2D eigenvalue weighted by Gasteiger charge is 2.33. The maximum Gasteiger partial charge on any atom is 0.647 e. The van der Waals surface area contributed by atoms with Crippen LogP contribution >= 0.6 is 7.82 Å². The van der Waals surface area contributed by atoms with E-state index in [0.29, 0.717) is 17.2 Å². The summed E-state index contributed by atoms with van der Waals surface area (Å²) in [5.41, 5.74) is 5.83. The maximum atomic E-state index is 13.6. The molecule has 0 atom stereocenters. The highest BCUT2D eigenvalue weighted by molar-refractivity contribution is 7.49. The molecule has 0 unspecified atom stereocenters. The van der Waals surface area contributed by atoms with Crippen LogP contribution in [-0.4, -0.2) is 0 Å². The van der Waals surface area contributed by atoms with E-state index in [1.54, 1.807) is 60.7 Å². The van der Waals surface area contributed by atoms with Gasteiger partial charge in [0.15, 0.2) is 0 Å². The molecular weight excluding hydrogens is 491 g/mol. The standard InChI is InChI=1S/C33H29O4P/c1-2-9-26-14-16-27(17-15-26)28-18-20-29(21-19-28)30-22-24-33(25-23-30)37-38(34,35-31-10-5-3-6-11-31)36-32-12-7-4-8-13-32/h3-8,10-25H,2,9H2,1H3. The number of benzene rings is 5. The van der Waals surface area contributed by atoms with Crippen LogP contribution in [0.3, 0.4) is 0 Å². The zero-order valence-electron chi connectivity index (χ0n) is 21.2. The van der Waals surface area contributed by atoms with Crippen LogP contribution in [0.25, 0.3) is 22.3 Å². The topological polar surface area (TPSA) is 44.8 Å². The van der Waals surface area contributed by atoms with E-state index in [0.717, 1.165) is 24.0 Å². The minimum Gasteiger partial charge on any atom is -0.386 e. The Bertz CT molecular complexity index is 1440. The summed E-state index contributed by atoms with van der Waals surface area (Å²) in [7, 11) is -4.02. The summed E-state index contributed by atoms with van der Waals surface area (Å²) in [4.78, 5) is 0. The fourth-order valence-electron chi connectivity index (χ4n) is 4.12. The third kappa shape index (κ3) is 6.53. The molecule has 0 aliphatic carbocycles. The van der Waals surface area contributed by atoms with E-state index in [9.17, 15) is 4.57 Å². The monoisotopic (exact) mass is 520 g/mol. The summed E-state index contributed by atoms with van der Waals surface area (Å²) in [6, 6.07) is 42.3. The van der Waals surface area contributed by atoms with Gasteiger partial charge in [0.2, 0.25) is 0 Å². The Balaban J connectivity index is 1.31. The van der Waals surface area contributed by atoms with E-state index < -0.39 is 7.82 Å². The van der Waals surface area contributed by atoms with Gasteiger partial charge >= 0.3 is 7.82 Å². The van der Waals surface area contributed by atoms with E-state index in [1.165, 1.54) is 16.7 Å². The molecule has 0 fully saturated rings. The summed E-state index contributed by atoms with van der Waals surface area (Å²) >= 11 is 0. The number of para-hydroxylation sites is 2. The molecule has 0 heterocycles. The van der Waals surface area contributed by atoms with Gasteiger partial charge in [0.1, 0.15) is 17.2 Å².